The lowest BCUT2D eigenvalue weighted by Crippen LogP contribution is -2.17. The molecule has 0 unspecified atom stereocenters. The molecule has 0 amide bonds. The molecule has 1 rings (SSSR count). The lowest BCUT2D eigenvalue weighted by molar-refractivity contribution is -0.275. The van der Waals surface area contributed by atoms with Gasteiger partial charge in [-0.05, 0) is 15.9 Å². The molecule has 1 aromatic heterocycles. The predicted molar refractivity (Wildman–Crippen MR) is 43.3 cm³/mol. The van der Waals surface area contributed by atoms with Crippen LogP contribution >= 0.6 is 15.9 Å². The van der Waals surface area contributed by atoms with E-state index < -0.39 is 12.1 Å². The average molecular weight is 267 g/mol. The van der Waals surface area contributed by atoms with E-state index in [2.05, 4.69) is 25.7 Å². The van der Waals surface area contributed by atoms with Crippen molar-refractivity contribution in [3.05, 3.63) is 22.4 Å². The van der Waals surface area contributed by atoms with Crippen LogP contribution in [0.15, 0.2) is 16.9 Å². The zero-order valence-electron chi connectivity index (χ0n) is 6.47. The van der Waals surface area contributed by atoms with Crippen molar-refractivity contribution in [1.29, 1.82) is 5.26 Å². The predicted octanol–water partition coefficient (Wildman–Crippen LogP) is 2.61. The van der Waals surface area contributed by atoms with E-state index in [9.17, 15) is 13.2 Å². The van der Waals surface area contributed by atoms with Crippen molar-refractivity contribution in [1.82, 2.24) is 4.98 Å². The van der Waals surface area contributed by atoms with Crippen molar-refractivity contribution in [2.24, 2.45) is 0 Å². The van der Waals surface area contributed by atoms with Gasteiger partial charge < -0.3 is 4.74 Å². The number of alkyl halides is 3. The number of aromatic nitrogens is 1. The van der Waals surface area contributed by atoms with Gasteiger partial charge in [-0.2, -0.15) is 5.26 Å². The summed E-state index contributed by atoms with van der Waals surface area (Å²) in [5, 5.41) is 8.41. The fourth-order valence-electron chi connectivity index (χ4n) is 0.685. The molecule has 3 nitrogen and oxygen atoms in total. The largest absolute Gasteiger partial charge is 0.573 e. The minimum Gasteiger partial charge on any atom is -0.403 e. The summed E-state index contributed by atoms with van der Waals surface area (Å²) in [5.41, 5.74) is -0.00699. The molecule has 0 spiro atoms. The highest BCUT2D eigenvalue weighted by atomic mass is 79.9. The summed E-state index contributed by atoms with van der Waals surface area (Å²) in [6.07, 6.45) is -3.66. The Balaban J connectivity index is 3.03. The highest BCUT2D eigenvalue weighted by Crippen LogP contribution is 2.29. The Morgan fingerprint density at radius 2 is 2.14 bits per heavy atom. The van der Waals surface area contributed by atoms with E-state index in [1.807, 2.05) is 0 Å². The first-order chi connectivity index (χ1) is 6.42. The van der Waals surface area contributed by atoms with E-state index in [1.165, 1.54) is 0 Å². The molecule has 0 saturated carbocycles. The quantitative estimate of drug-likeness (QED) is 0.734. The molecular formula is C7H2BrF3N2O. The fraction of sp³-hybridized carbons (Fsp3) is 0.143. The van der Waals surface area contributed by atoms with E-state index in [0.717, 1.165) is 12.3 Å². The molecule has 0 bridgehead atoms. The normalized spacial score (nSPS) is 10.8. The second-order valence-electron chi connectivity index (χ2n) is 2.17. The third-order valence-corrected chi connectivity index (χ3v) is 1.76. The fourth-order valence-corrected chi connectivity index (χ4v) is 0.983. The molecule has 0 atom stereocenters. The van der Waals surface area contributed by atoms with Crippen LogP contribution in [0.1, 0.15) is 5.56 Å². The first kappa shape index (κ1) is 10.8. The van der Waals surface area contributed by atoms with Crippen LogP contribution in [-0.4, -0.2) is 11.3 Å². The van der Waals surface area contributed by atoms with Crippen LogP contribution in [0.5, 0.6) is 5.75 Å². The van der Waals surface area contributed by atoms with Crippen molar-refractivity contribution in [3.63, 3.8) is 0 Å². The number of hydrogen-bond acceptors (Lipinski definition) is 3. The Bertz CT molecular complexity index is 386. The van der Waals surface area contributed by atoms with Gasteiger partial charge in [-0.25, -0.2) is 4.98 Å². The number of nitrogens with zero attached hydrogens (tertiary/aromatic N) is 2. The van der Waals surface area contributed by atoms with Crippen molar-refractivity contribution < 1.29 is 17.9 Å². The average Bonchev–Trinajstić information content (AvgIpc) is 2.06. The van der Waals surface area contributed by atoms with Gasteiger partial charge in [0.1, 0.15) is 10.7 Å². The zero-order chi connectivity index (χ0) is 10.8. The van der Waals surface area contributed by atoms with Crippen LogP contribution in [0.2, 0.25) is 0 Å². The van der Waals surface area contributed by atoms with Gasteiger partial charge in [0.25, 0.3) is 0 Å². The SMILES string of the molecule is N#Cc1cnc(Br)c(OC(F)(F)F)c1. The van der Waals surface area contributed by atoms with Crippen molar-refractivity contribution in [2.75, 3.05) is 0 Å². The molecular weight excluding hydrogens is 265 g/mol. The number of halogens is 4. The molecule has 1 heterocycles. The van der Waals surface area contributed by atoms with E-state index in [0.29, 0.717) is 0 Å². The van der Waals surface area contributed by atoms with Gasteiger partial charge in [-0.1, -0.05) is 0 Å². The molecule has 0 aliphatic rings. The third-order valence-electron chi connectivity index (χ3n) is 1.16. The van der Waals surface area contributed by atoms with Gasteiger partial charge in [0.15, 0.2) is 5.75 Å². The highest BCUT2D eigenvalue weighted by molar-refractivity contribution is 9.10. The molecule has 74 valence electrons. The Labute approximate surface area is 85.3 Å². The number of ether oxygens (including phenoxy) is 1. The smallest absolute Gasteiger partial charge is 0.403 e. The third kappa shape index (κ3) is 2.88. The maximum absolute atomic E-state index is 11.8. The van der Waals surface area contributed by atoms with E-state index in [-0.39, 0.29) is 10.2 Å². The number of rotatable bonds is 1. The maximum Gasteiger partial charge on any atom is 0.573 e. The van der Waals surface area contributed by atoms with Crippen LogP contribution in [0.4, 0.5) is 13.2 Å². The summed E-state index contributed by atoms with van der Waals surface area (Å²) >= 11 is 2.77. The summed E-state index contributed by atoms with van der Waals surface area (Å²) in [6.45, 7) is 0. The molecule has 0 aliphatic carbocycles. The van der Waals surface area contributed by atoms with E-state index >= 15 is 0 Å². The van der Waals surface area contributed by atoms with Crippen molar-refractivity contribution >= 4 is 15.9 Å². The topological polar surface area (TPSA) is 45.9 Å². The highest BCUT2D eigenvalue weighted by Gasteiger charge is 2.32. The molecule has 7 heteroatoms. The molecule has 1 aromatic rings. The van der Waals surface area contributed by atoms with Crippen molar-refractivity contribution in [3.8, 4) is 11.8 Å². The van der Waals surface area contributed by atoms with Crippen LogP contribution in [-0.2, 0) is 0 Å². The lowest BCUT2D eigenvalue weighted by atomic mass is 10.3. The van der Waals surface area contributed by atoms with Crippen LogP contribution in [0.3, 0.4) is 0 Å². The minimum absolute atomic E-state index is 0.00699. The first-order valence-corrected chi connectivity index (χ1v) is 4.03. The summed E-state index contributed by atoms with van der Waals surface area (Å²) < 4.78 is 38.9. The lowest BCUT2D eigenvalue weighted by Gasteiger charge is -2.09. The van der Waals surface area contributed by atoms with E-state index in [1.54, 1.807) is 6.07 Å². The summed E-state index contributed by atoms with van der Waals surface area (Å²) in [4.78, 5) is 3.50. The molecule has 0 fully saturated rings. The van der Waals surface area contributed by atoms with Crippen LogP contribution in [0, 0.1) is 11.3 Å². The molecule has 0 aliphatic heterocycles. The standard InChI is InChI=1S/C7H2BrF3N2O/c8-6-5(14-7(9,10)11)1-4(2-12)3-13-6/h1,3H. The van der Waals surface area contributed by atoms with Gasteiger partial charge >= 0.3 is 6.36 Å². The molecule has 14 heavy (non-hydrogen) atoms. The molecule has 0 saturated heterocycles. The van der Waals surface area contributed by atoms with Gasteiger partial charge in [0.05, 0.1) is 5.56 Å². The summed E-state index contributed by atoms with van der Waals surface area (Å²) in [5.74, 6) is -0.531. The molecule has 0 N–H and O–H groups in total. The van der Waals surface area contributed by atoms with Gasteiger partial charge in [-0.15, -0.1) is 13.2 Å². The maximum atomic E-state index is 11.8. The Kier molecular flexibility index (Phi) is 2.96. The second-order valence-corrected chi connectivity index (χ2v) is 2.92. The van der Waals surface area contributed by atoms with Crippen molar-refractivity contribution in [2.45, 2.75) is 6.36 Å². The summed E-state index contributed by atoms with van der Waals surface area (Å²) in [6, 6.07) is 2.60. The Hall–Kier alpha value is -1.29. The van der Waals surface area contributed by atoms with Gasteiger partial charge in [0.2, 0.25) is 0 Å². The Morgan fingerprint density at radius 1 is 1.50 bits per heavy atom. The number of hydrogen-bond donors (Lipinski definition) is 0. The zero-order valence-corrected chi connectivity index (χ0v) is 8.06. The monoisotopic (exact) mass is 266 g/mol. The van der Waals surface area contributed by atoms with Crippen LogP contribution < -0.4 is 4.74 Å². The van der Waals surface area contributed by atoms with Crippen LogP contribution in [0.25, 0.3) is 0 Å². The van der Waals surface area contributed by atoms with Gasteiger partial charge in [0, 0.05) is 12.3 Å². The van der Waals surface area contributed by atoms with Gasteiger partial charge in [-0.3, -0.25) is 0 Å². The second kappa shape index (κ2) is 3.84. The molecule has 0 aromatic carbocycles. The number of pyridine rings is 1. The summed E-state index contributed by atoms with van der Waals surface area (Å²) in [7, 11) is 0. The number of nitriles is 1. The molecule has 0 radical (unpaired) electrons. The minimum atomic E-state index is -4.79. The Morgan fingerprint density at radius 3 is 2.64 bits per heavy atom. The first-order valence-electron chi connectivity index (χ1n) is 3.24. The van der Waals surface area contributed by atoms with E-state index in [4.69, 9.17) is 5.26 Å².